The number of nitrogens with one attached hydrogen (secondary N) is 3. The monoisotopic (exact) mass is 436 g/mol. The largest absolute Gasteiger partial charge is 0.393 e. The van der Waals surface area contributed by atoms with Crippen LogP contribution in [0.15, 0.2) is 30.1 Å². The first-order chi connectivity index (χ1) is 14.7. The van der Waals surface area contributed by atoms with Crippen LogP contribution >= 0.6 is 0 Å². The SMILES string of the molecule is CCc1nc2ccc(C(C#N)(/C(=C/NN)NC)C3CNC3)cc2c(F)c1CC(F)(F)F. The first-order valence-electron chi connectivity index (χ1n) is 9.86. The molecule has 0 saturated carbocycles. The number of allylic oxidation sites excluding steroid dienone is 1. The Morgan fingerprint density at radius 2 is 2.10 bits per heavy atom. The molecule has 1 saturated heterocycles. The van der Waals surface area contributed by atoms with E-state index in [1.165, 1.54) is 12.3 Å². The number of alkyl halides is 3. The number of likely N-dealkylation sites (N-methyl/N-ethyl adjacent to an activating group) is 1. The van der Waals surface area contributed by atoms with Crippen LogP contribution in [0.1, 0.15) is 23.7 Å². The van der Waals surface area contributed by atoms with Crippen molar-refractivity contribution in [2.24, 2.45) is 11.8 Å². The van der Waals surface area contributed by atoms with Crippen LogP contribution in [0.25, 0.3) is 10.9 Å². The van der Waals surface area contributed by atoms with E-state index in [0.717, 1.165) is 0 Å². The van der Waals surface area contributed by atoms with Crippen LogP contribution in [0.2, 0.25) is 0 Å². The molecule has 1 unspecified atom stereocenters. The summed E-state index contributed by atoms with van der Waals surface area (Å²) in [6.45, 7) is 2.73. The minimum atomic E-state index is -4.57. The molecule has 10 heteroatoms. The Balaban J connectivity index is 2.27. The molecule has 1 aliphatic heterocycles. The molecule has 1 aromatic carbocycles. The minimum Gasteiger partial charge on any atom is -0.389 e. The van der Waals surface area contributed by atoms with Gasteiger partial charge in [-0.05, 0) is 24.1 Å². The highest BCUT2D eigenvalue weighted by Crippen LogP contribution is 2.41. The van der Waals surface area contributed by atoms with Gasteiger partial charge in [0.2, 0.25) is 0 Å². The molecular weight excluding hydrogens is 412 g/mol. The van der Waals surface area contributed by atoms with Gasteiger partial charge in [0.1, 0.15) is 11.2 Å². The molecule has 5 N–H and O–H groups in total. The first kappa shape index (κ1) is 22.8. The van der Waals surface area contributed by atoms with E-state index in [9.17, 15) is 18.4 Å². The molecule has 2 aromatic rings. The van der Waals surface area contributed by atoms with Gasteiger partial charge in [0.15, 0.2) is 0 Å². The van der Waals surface area contributed by atoms with E-state index in [-0.39, 0.29) is 28.9 Å². The fraction of sp³-hybridized carbons (Fsp3) is 0.429. The van der Waals surface area contributed by atoms with E-state index < -0.39 is 29.4 Å². The standard InChI is InChI=1S/C21H24F4N6/c1-3-16-15(7-21(23,24)25)19(22)14-6-12(4-5-17(14)31-16)20(11-26,13-8-29-9-13)18(28-2)10-30-27/h4-6,10,13,28-30H,3,7-9,27H2,1-2H3/b18-10-. The zero-order valence-electron chi connectivity index (χ0n) is 17.2. The first-order valence-corrected chi connectivity index (χ1v) is 9.86. The highest BCUT2D eigenvalue weighted by molar-refractivity contribution is 5.82. The number of rotatable bonds is 7. The lowest BCUT2D eigenvalue weighted by atomic mass is 9.66. The Morgan fingerprint density at radius 1 is 1.39 bits per heavy atom. The maximum Gasteiger partial charge on any atom is 0.393 e. The molecule has 0 amide bonds. The maximum atomic E-state index is 15.3. The van der Waals surface area contributed by atoms with Crippen LogP contribution in [0.4, 0.5) is 17.6 Å². The van der Waals surface area contributed by atoms with Gasteiger partial charge < -0.3 is 16.1 Å². The van der Waals surface area contributed by atoms with Crippen molar-refractivity contribution in [3.63, 3.8) is 0 Å². The molecule has 31 heavy (non-hydrogen) atoms. The molecule has 0 spiro atoms. The molecule has 6 nitrogen and oxygen atoms in total. The Labute approximate surface area is 177 Å². The topological polar surface area (TPSA) is 98.8 Å². The van der Waals surface area contributed by atoms with Gasteiger partial charge in [-0.1, -0.05) is 13.0 Å². The van der Waals surface area contributed by atoms with Crippen molar-refractivity contribution in [2.75, 3.05) is 20.1 Å². The van der Waals surface area contributed by atoms with Crippen LogP contribution < -0.4 is 21.9 Å². The molecule has 166 valence electrons. The molecule has 0 radical (unpaired) electrons. The summed E-state index contributed by atoms with van der Waals surface area (Å²) in [6.07, 6.45) is -4.34. The average molecular weight is 436 g/mol. The molecule has 1 fully saturated rings. The van der Waals surface area contributed by atoms with E-state index in [2.05, 4.69) is 27.1 Å². The fourth-order valence-electron chi connectivity index (χ4n) is 4.12. The second-order valence-electron chi connectivity index (χ2n) is 7.48. The summed E-state index contributed by atoms with van der Waals surface area (Å²) >= 11 is 0. The van der Waals surface area contributed by atoms with Gasteiger partial charge in [0, 0.05) is 48.9 Å². The molecule has 1 aliphatic rings. The molecule has 1 aromatic heterocycles. The van der Waals surface area contributed by atoms with Gasteiger partial charge >= 0.3 is 6.18 Å². The lowest BCUT2D eigenvalue weighted by Gasteiger charge is -2.42. The van der Waals surface area contributed by atoms with E-state index in [1.807, 2.05) is 0 Å². The molecule has 3 rings (SSSR count). The second kappa shape index (κ2) is 8.69. The number of benzene rings is 1. The number of nitriles is 1. The highest BCUT2D eigenvalue weighted by atomic mass is 19.4. The number of nitrogens with two attached hydrogens (primary N) is 1. The predicted molar refractivity (Wildman–Crippen MR) is 109 cm³/mol. The van der Waals surface area contributed by atoms with E-state index in [4.69, 9.17) is 5.84 Å². The molecule has 0 aliphatic carbocycles. The molecular formula is C21H24F4N6. The van der Waals surface area contributed by atoms with Crippen LogP contribution in [0.5, 0.6) is 0 Å². The van der Waals surface area contributed by atoms with E-state index >= 15 is 4.39 Å². The average Bonchev–Trinajstić information content (AvgIpc) is 2.69. The van der Waals surface area contributed by atoms with Gasteiger partial charge in [0.25, 0.3) is 0 Å². The number of fused-ring (bicyclic) bond motifs is 1. The summed E-state index contributed by atoms with van der Waals surface area (Å²) in [4.78, 5) is 4.27. The van der Waals surface area contributed by atoms with Gasteiger partial charge in [-0.15, -0.1) is 0 Å². The number of hydrogen-bond acceptors (Lipinski definition) is 6. The van der Waals surface area contributed by atoms with Crippen molar-refractivity contribution in [1.82, 2.24) is 21.0 Å². The summed E-state index contributed by atoms with van der Waals surface area (Å²) in [5, 5.41) is 16.3. The summed E-state index contributed by atoms with van der Waals surface area (Å²) in [7, 11) is 1.64. The fourth-order valence-corrected chi connectivity index (χ4v) is 4.12. The van der Waals surface area contributed by atoms with Crippen molar-refractivity contribution in [3.8, 4) is 6.07 Å². The molecule has 0 bridgehead atoms. The van der Waals surface area contributed by atoms with Crippen LogP contribution in [0, 0.1) is 23.1 Å². The third-order valence-corrected chi connectivity index (χ3v) is 5.76. The third kappa shape index (κ3) is 4.03. The lowest BCUT2D eigenvalue weighted by Crippen LogP contribution is -2.56. The number of halogens is 4. The van der Waals surface area contributed by atoms with Crippen molar-refractivity contribution in [3.05, 3.63) is 52.7 Å². The summed E-state index contributed by atoms with van der Waals surface area (Å²) < 4.78 is 54.6. The van der Waals surface area contributed by atoms with Crippen molar-refractivity contribution >= 4 is 10.9 Å². The number of hydrogen-bond donors (Lipinski definition) is 4. The predicted octanol–water partition coefficient (Wildman–Crippen LogP) is 2.55. The Bertz CT molecular complexity index is 1040. The summed E-state index contributed by atoms with van der Waals surface area (Å²) in [6, 6.07) is 6.99. The van der Waals surface area contributed by atoms with Crippen LogP contribution in [-0.4, -0.2) is 31.3 Å². The second-order valence-corrected chi connectivity index (χ2v) is 7.48. The van der Waals surface area contributed by atoms with E-state index in [0.29, 0.717) is 24.4 Å². The number of nitrogens with zero attached hydrogens (tertiary/aromatic N) is 2. The van der Waals surface area contributed by atoms with Gasteiger partial charge in [-0.2, -0.15) is 18.4 Å². The number of aryl methyl sites for hydroxylation is 1. The number of aromatic nitrogens is 1. The van der Waals surface area contributed by atoms with E-state index in [1.54, 1.807) is 26.1 Å². The van der Waals surface area contributed by atoms with Crippen molar-refractivity contribution in [1.29, 1.82) is 5.26 Å². The molecule has 2 heterocycles. The smallest absolute Gasteiger partial charge is 0.389 e. The quantitative estimate of drug-likeness (QED) is 0.303. The zero-order valence-corrected chi connectivity index (χ0v) is 17.2. The summed E-state index contributed by atoms with van der Waals surface area (Å²) in [5.74, 6) is 4.35. The Hall–Kier alpha value is -2.90. The van der Waals surface area contributed by atoms with Crippen LogP contribution in [0.3, 0.4) is 0 Å². The maximum absolute atomic E-state index is 15.3. The van der Waals surface area contributed by atoms with Gasteiger partial charge in [-0.25, -0.2) is 4.39 Å². The molecule has 1 atom stereocenters. The van der Waals surface area contributed by atoms with Crippen LogP contribution in [-0.2, 0) is 18.3 Å². The zero-order chi connectivity index (χ0) is 22.8. The van der Waals surface area contributed by atoms with Crippen molar-refractivity contribution < 1.29 is 17.6 Å². The van der Waals surface area contributed by atoms with Crippen molar-refractivity contribution in [2.45, 2.75) is 31.4 Å². The third-order valence-electron chi connectivity index (χ3n) is 5.76. The normalized spacial score (nSPS) is 17.0. The Kier molecular flexibility index (Phi) is 6.38. The minimum absolute atomic E-state index is 0.0444. The van der Waals surface area contributed by atoms with Gasteiger partial charge in [0.05, 0.1) is 23.7 Å². The lowest BCUT2D eigenvalue weighted by molar-refractivity contribution is -0.127. The number of pyridine rings is 1. The highest BCUT2D eigenvalue weighted by Gasteiger charge is 2.47. The van der Waals surface area contributed by atoms with Gasteiger partial charge in [-0.3, -0.25) is 10.8 Å². The Morgan fingerprint density at radius 3 is 2.58 bits per heavy atom. The number of hydrazine groups is 1. The summed E-state index contributed by atoms with van der Waals surface area (Å²) in [5.41, 5.74) is 2.00.